The summed E-state index contributed by atoms with van der Waals surface area (Å²) < 4.78 is 6.59. The second-order valence-corrected chi connectivity index (χ2v) is 3.88. The quantitative estimate of drug-likeness (QED) is 0.807. The average molecular weight is 249 g/mol. The predicted octanol–water partition coefficient (Wildman–Crippen LogP) is 0.513. The van der Waals surface area contributed by atoms with E-state index in [-0.39, 0.29) is 13.2 Å². The van der Waals surface area contributed by atoms with Crippen molar-refractivity contribution in [3.05, 3.63) is 41.7 Å². The number of benzene rings is 1. The molecule has 0 amide bonds. The maximum atomic E-state index is 10.1. The van der Waals surface area contributed by atoms with Gasteiger partial charge in [-0.05, 0) is 17.7 Å². The van der Waals surface area contributed by atoms with E-state index in [0.29, 0.717) is 11.4 Å². The Hall–Kier alpha value is -1.92. The van der Waals surface area contributed by atoms with Gasteiger partial charge in [0.25, 0.3) is 0 Å². The zero-order chi connectivity index (χ0) is 13.0. The van der Waals surface area contributed by atoms with Gasteiger partial charge in [-0.3, -0.25) is 0 Å². The molecule has 0 bridgehead atoms. The molecule has 0 fully saturated rings. The van der Waals surface area contributed by atoms with Crippen LogP contribution in [0.1, 0.15) is 17.4 Å². The fourth-order valence-electron chi connectivity index (χ4n) is 1.63. The zero-order valence-electron chi connectivity index (χ0n) is 10.0. The molecule has 6 nitrogen and oxygen atoms in total. The van der Waals surface area contributed by atoms with Crippen LogP contribution in [-0.4, -0.2) is 32.3 Å². The molecule has 1 heterocycles. The van der Waals surface area contributed by atoms with Gasteiger partial charge < -0.3 is 14.9 Å². The number of hydrogen-bond acceptors (Lipinski definition) is 5. The van der Waals surface area contributed by atoms with Crippen LogP contribution in [0.25, 0.3) is 0 Å². The Morgan fingerprint density at radius 2 is 2.28 bits per heavy atom. The smallest absolute Gasteiger partial charge is 0.119 e. The van der Waals surface area contributed by atoms with Crippen molar-refractivity contribution in [1.82, 2.24) is 15.0 Å². The molecular weight excluding hydrogens is 234 g/mol. The predicted molar refractivity (Wildman–Crippen MR) is 63.9 cm³/mol. The van der Waals surface area contributed by atoms with Gasteiger partial charge in [0.15, 0.2) is 0 Å². The van der Waals surface area contributed by atoms with Gasteiger partial charge in [-0.2, -0.15) is 0 Å². The number of aliphatic hydroxyl groups excluding tert-OH is 2. The van der Waals surface area contributed by atoms with Crippen LogP contribution in [0.4, 0.5) is 0 Å². The molecule has 1 aromatic carbocycles. The van der Waals surface area contributed by atoms with Crippen LogP contribution in [0.2, 0.25) is 0 Å². The lowest BCUT2D eigenvalue weighted by Crippen LogP contribution is -2.09. The lowest BCUT2D eigenvalue weighted by molar-refractivity contribution is 0.150. The normalized spacial score (nSPS) is 12.4. The highest BCUT2D eigenvalue weighted by Crippen LogP contribution is 2.20. The topological polar surface area (TPSA) is 80.4 Å². The number of methoxy groups -OCH3 is 1. The van der Waals surface area contributed by atoms with Crippen molar-refractivity contribution in [3.8, 4) is 5.75 Å². The summed E-state index contributed by atoms with van der Waals surface area (Å²) in [5, 5.41) is 26.5. The van der Waals surface area contributed by atoms with Crippen molar-refractivity contribution < 1.29 is 14.9 Å². The molecule has 2 rings (SSSR count). The SMILES string of the molecule is COc1cccc([C@@H](O)Cn2cc(CO)nn2)c1. The van der Waals surface area contributed by atoms with E-state index in [1.807, 2.05) is 18.2 Å². The Morgan fingerprint density at radius 3 is 2.94 bits per heavy atom. The molecule has 96 valence electrons. The van der Waals surface area contributed by atoms with Crippen molar-refractivity contribution in [1.29, 1.82) is 0 Å². The maximum absolute atomic E-state index is 10.1. The van der Waals surface area contributed by atoms with Crippen molar-refractivity contribution in [2.24, 2.45) is 0 Å². The first kappa shape index (κ1) is 12.5. The second kappa shape index (κ2) is 5.61. The van der Waals surface area contributed by atoms with Gasteiger partial charge in [-0.15, -0.1) is 5.10 Å². The first-order chi connectivity index (χ1) is 8.72. The highest BCUT2D eigenvalue weighted by molar-refractivity contribution is 5.29. The van der Waals surface area contributed by atoms with Crippen molar-refractivity contribution in [2.75, 3.05) is 7.11 Å². The van der Waals surface area contributed by atoms with Crippen LogP contribution in [0.3, 0.4) is 0 Å². The second-order valence-electron chi connectivity index (χ2n) is 3.88. The Kier molecular flexibility index (Phi) is 3.91. The van der Waals surface area contributed by atoms with Gasteiger partial charge >= 0.3 is 0 Å². The van der Waals surface area contributed by atoms with Gasteiger partial charge in [0.2, 0.25) is 0 Å². The first-order valence-electron chi connectivity index (χ1n) is 5.55. The molecule has 0 saturated heterocycles. The minimum atomic E-state index is -0.701. The molecular formula is C12H15N3O3. The summed E-state index contributed by atoms with van der Waals surface area (Å²) in [6.45, 7) is 0.120. The average Bonchev–Trinajstić information content (AvgIpc) is 2.86. The summed E-state index contributed by atoms with van der Waals surface area (Å²) in [6, 6.07) is 7.22. The van der Waals surface area contributed by atoms with E-state index in [1.54, 1.807) is 19.4 Å². The molecule has 2 N–H and O–H groups in total. The number of rotatable bonds is 5. The van der Waals surface area contributed by atoms with E-state index >= 15 is 0 Å². The highest BCUT2D eigenvalue weighted by atomic mass is 16.5. The third kappa shape index (κ3) is 2.85. The first-order valence-corrected chi connectivity index (χ1v) is 5.55. The van der Waals surface area contributed by atoms with E-state index in [1.165, 1.54) is 4.68 Å². The van der Waals surface area contributed by atoms with Crippen molar-refractivity contribution in [2.45, 2.75) is 19.3 Å². The number of hydrogen-bond donors (Lipinski definition) is 2. The third-order valence-corrected chi connectivity index (χ3v) is 2.59. The Morgan fingerprint density at radius 1 is 1.44 bits per heavy atom. The summed E-state index contributed by atoms with van der Waals surface area (Å²) in [5.74, 6) is 0.696. The molecule has 6 heteroatoms. The molecule has 0 aliphatic carbocycles. The molecule has 0 aliphatic heterocycles. The monoisotopic (exact) mass is 249 g/mol. The van der Waals surface area contributed by atoms with Crippen LogP contribution in [0.15, 0.2) is 30.5 Å². The highest BCUT2D eigenvalue weighted by Gasteiger charge is 2.10. The summed E-state index contributed by atoms with van der Waals surface area (Å²) >= 11 is 0. The van der Waals surface area contributed by atoms with Gasteiger partial charge in [0.1, 0.15) is 11.4 Å². The fraction of sp³-hybridized carbons (Fsp3) is 0.333. The van der Waals surface area contributed by atoms with Crippen molar-refractivity contribution in [3.63, 3.8) is 0 Å². The lowest BCUT2D eigenvalue weighted by atomic mass is 10.1. The molecule has 0 saturated carbocycles. The van der Waals surface area contributed by atoms with E-state index in [2.05, 4.69) is 10.3 Å². The van der Waals surface area contributed by atoms with Gasteiger partial charge in [0.05, 0.1) is 32.6 Å². The van der Waals surface area contributed by atoms with Crippen LogP contribution in [0, 0.1) is 0 Å². The largest absolute Gasteiger partial charge is 0.497 e. The van der Waals surface area contributed by atoms with Crippen LogP contribution in [-0.2, 0) is 13.2 Å². The molecule has 0 radical (unpaired) electrons. The molecule has 1 aromatic heterocycles. The van der Waals surface area contributed by atoms with Crippen LogP contribution in [0.5, 0.6) is 5.75 Å². The lowest BCUT2D eigenvalue weighted by Gasteiger charge is -2.11. The number of aromatic nitrogens is 3. The Labute approximate surface area is 104 Å². The molecule has 0 aliphatic rings. The summed E-state index contributed by atoms with van der Waals surface area (Å²) in [5.41, 5.74) is 1.23. The van der Waals surface area contributed by atoms with Gasteiger partial charge in [-0.1, -0.05) is 17.3 Å². The molecule has 18 heavy (non-hydrogen) atoms. The Balaban J connectivity index is 2.08. The summed E-state index contributed by atoms with van der Waals surface area (Å²) in [4.78, 5) is 0. The van der Waals surface area contributed by atoms with Crippen LogP contribution >= 0.6 is 0 Å². The number of nitrogens with zero attached hydrogens (tertiary/aromatic N) is 3. The zero-order valence-corrected chi connectivity index (χ0v) is 10.0. The molecule has 1 atom stereocenters. The molecule has 0 unspecified atom stereocenters. The van der Waals surface area contributed by atoms with Gasteiger partial charge in [-0.25, -0.2) is 4.68 Å². The van der Waals surface area contributed by atoms with E-state index in [9.17, 15) is 5.11 Å². The third-order valence-electron chi connectivity index (χ3n) is 2.59. The Bertz CT molecular complexity index is 513. The fourth-order valence-corrected chi connectivity index (χ4v) is 1.63. The standard InChI is InChI=1S/C12H15N3O3/c1-18-11-4-2-3-9(5-11)12(17)7-15-6-10(8-16)13-14-15/h2-6,12,16-17H,7-8H2,1H3/t12-/m0/s1. The van der Waals surface area contributed by atoms with Gasteiger partial charge in [0, 0.05) is 0 Å². The van der Waals surface area contributed by atoms with E-state index in [4.69, 9.17) is 9.84 Å². The number of aliphatic hydroxyl groups is 2. The van der Waals surface area contributed by atoms with Crippen molar-refractivity contribution >= 4 is 0 Å². The molecule has 0 spiro atoms. The molecule has 2 aromatic rings. The minimum Gasteiger partial charge on any atom is -0.497 e. The van der Waals surface area contributed by atoms with E-state index in [0.717, 1.165) is 5.56 Å². The van der Waals surface area contributed by atoms with E-state index < -0.39 is 6.10 Å². The maximum Gasteiger partial charge on any atom is 0.119 e. The minimum absolute atomic E-state index is 0.157. The summed E-state index contributed by atoms with van der Waals surface area (Å²) in [7, 11) is 1.58. The van der Waals surface area contributed by atoms with Crippen LogP contribution < -0.4 is 4.74 Å². The number of ether oxygens (including phenoxy) is 1. The summed E-state index contributed by atoms with van der Waals surface area (Å²) in [6.07, 6.45) is 0.900.